The number of ether oxygens (including phenoxy) is 1. The van der Waals surface area contributed by atoms with Crippen molar-refractivity contribution in [1.29, 1.82) is 0 Å². The highest BCUT2D eigenvalue weighted by atomic mass is 16.5. The fraction of sp³-hybridized carbons (Fsp3) is 0.438. The van der Waals surface area contributed by atoms with E-state index >= 15 is 0 Å². The van der Waals surface area contributed by atoms with Crippen LogP contribution in [0.25, 0.3) is 10.8 Å². The lowest BCUT2D eigenvalue weighted by molar-refractivity contribution is 0.214. The fourth-order valence-corrected chi connectivity index (χ4v) is 3.08. The topological polar surface area (TPSA) is 54.4 Å². The standard InChI is InChI=1S/C16H20N2O2/c1-20-14-6-4-5-13-12(14)7-10-17-15(13)18-16(11-19)8-2-3-9-16/h4-7,10,19H,2-3,8-9,11H2,1H3,(H,17,18). The highest BCUT2D eigenvalue weighted by Crippen LogP contribution is 2.35. The maximum atomic E-state index is 9.74. The largest absolute Gasteiger partial charge is 0.496 e. The van der Waals surface area contributed by atoms with Gasteiger partial charge in [-0.15, -0.1) is 0 Å². The third-order valence-corrected chi connectivity index (χ3v) is 4.23. The molecule has 1 aliphatic carbocycles. The first-order chi connectivity index (χ1) is 9.78. The Morgan fingerprint density at radius 2 is 2.05 bits per heavy atom. The van der Waals surface area contributed by atoms with Gasteiger partial charge in [-0.25, -0.2) is 4.98 Å². The van der Waals surface area contributed by atoms with Crippen LogP contribution < -0.4 is 10.1 Å². The summed E-state index contributed by atoms with van der Waals surface area (Å²) in [6.07, 6.45) is 6.08. The summed E-state index contributed by atoms with van der Waals surface area (Å²) >= 11 is 0. The summed E-state index contributed by atoms with van der Waals surface area (Å²) in [5.41, 5.74) is -0.218. The van der Waals surface area contributed by atoms with Gasteiger partial charge in [0.15, 0.2) is 0 Å². The molecule has 0 aliphatic heterocycles. The van der Waals surface area contributed by atoms with Gasteiger partial charge >= 0.3 is 0 Å². The van der Waals surface area contributed by atoms with Gasteiger partial charge in [0.2, 0.25) is 0 Å². The molecule has 0 spiro atoms. The molecular formula is C16H20N2O2. The molecule has 106 valence electrons. The van der Waals surface area contributed by atoms with Crippen LogP contribution in [-0.4, -0.2) is 29.3 Å². The molecule has 1 saturated carbocycles. The van der Waals surface area contributed by atoms with Gasteiger partial charge in [-0.05, 0) is 25.0 Å². The Labute approximate surface area is 118 Å². The van der Waals surface area contributed by atoms with Crippen LogP contribution in [0, 0.1) is 0 Å². The van der Waals surface area contributed by atoms with Gasteiger partial charge in [-0.3, -0.25) is 0 Å². The molecule has 1 heterocycles. The van der Waals surface area contributed by atoms with Gasteiger partial charge < -0.3 is 15.2 Å². The quantitative estimate of drug-likeness (QED) is 0.898. The molecule has 0 radical (unpaired) electrons. The van der Waals surface area contributed by atoms with E-state index < -0.39 is 0 Å². The number of benzene rings is 1. The second-order valence-corrected chi connectivity index (χ2v) is 5.49. The van der Waals surface area contributed by atoms with Crippen LogP contribution in [0.2, 0.25) is 0 Å². The second-order valence-electron chi connectivity index (χ2n) is 5.49. The van der Waals surface area contributed by atoms with Crippen molar-refractivity contribution in [3.05, 3.63) is 30.5 Å². The summed E-state index contributed by atoms with van der Waals surface area (Å²) in [6.45, 7) is 0.148. The highest BCUT2D eigenvalue weighted by Gasteiger charge is 2.33. The Kier molecular flexibility index (Phi) is 3.49. The number of nitrogens with one attached hydrogen (secondary N) is 1. The SMILES string of the molecule is COc1cccc2c(NC3(CO)CCCC3)nccc12. The summed E-state index contributed by atoms with van der Waals surface area (Å²) in [5.74, 6) is 1.68. The van der Waals surface area contributed by atoms with E-state index in [0.29, 0.717) is 0 Å². The lowest BCUT2D eigenvalue weighted by atomic mass is 9.98. The van der Waals surface area contributed by atoms with E-state index in [-0.39, 0.29) is 12.1 Å². The van der Waals surface area contributed by atoms with Crippen molar-refractivity contribution in [3.8, 4) is 5.75 Å². The number of rotatable bonds is 4. The first-order valence-corrected chi connectivity index (χ1v) is 7.09. The molecule has 1 aliphatic rings. The van der Waals surface area contributed by atoms with E-state index in [0.717, 1.165) is 48.0 Å². The third-order valence-electron chi connectivity index (χ3n) is 4.23. The van der Waals surface area contributed by atoms with Crippen LogP contribution in [0.1, 0.15) is 25.7 Å². The number of pyridine rings is 1. The van der Waals surface area contributed by atoms with Crippen LogP contribution in [0.4, 0.5) is 5.82 Å². The van der Waals surface area contributed by atoms with Gasteiger partial charge in [0.25, 0.3) is 0 Å². The average Bonchev–Trinajstić information content (AvgIpc) is 2.96. The van der Waals surface area contributed by atoms with Crippen LogP contribution in [0.5, 0.6) is 5.75 Å². The summed E-state index contributed by atoms with van der Waals surface area (Å²) in [7, 11) is 1.68. The number of hydrogen-bond acceptors (Lipinski definition) is 4. The number of aromatic nitrogens is 1. The Hall–Kier alpha value is -1.81. The summed E-state index contributed by atoms with van der Waals surface area (Å²) in [5, 5.41) is 15.3. The normalized spacial score (nSPS) is 17.3. The zero-order valence-electron chi connectivity index (χ0n) is 11.7. The van der Waals surface area contributed by atoms with Crippen LogP contribution in [0.15, 0.2) is 30.5 Å². The maximum absolute atomic E-state index is 9.74. The molecule has 1 fully saturated rings. The van der Waals surface area contributed by atoms with Crippen molar-refractivity contribution < 1.29 is 9.84 Å². The van der Waals surface area contributed by atoms with Crippen LogP contribution in [0.3, 0.4) is 0 Å². The Morgan fingerprint density at radius 3 is 2.75 bits per heavy atom. The Balaban J connectivity index is 2.03. The van der Waals surface area contributed by atoms with E-state index in [1.165, 1.54) is 0 Å². The smallest absolute Gasteiger partial charge is 0.134 e. The van der Waals surface area contributed by atoms with Crippen molar-refractivity contribution in [1.82, 2.24) is 4.98 Å². The van der Waals surface area contributed by atoms with Crippen molar-refractivity contribution in [2.45, 2.75) is 31.2 Å². The number of aliphatic hydroxyl groups excluding tert-OH is 1. The fourth-order valence-electron chi connectivity index (χ4n) is 3.08. The number of fused-ring (bicyclic) bond motifs is 1. The van der Waals surface area contributed by atoms with E-state index in [9.17, 15) is 5.11 Å². The molecule has 0 amide bonds. The first-order valence-electron chi connectivity index (χ1n) is 7.09. The number of hydrogen-bond donors (Lipinski definition) is 2. The van der Waals surface area contributed by atoms with Gasteiger partial charge in [-0.2, -0.15) is 0 Å². The zero-order chi connectivity index (χ0) is 14.0. The molecule has 1 aromatic heterocycles. The minimum absolute atomic E-state index is 0.148. The number of methoxy groups -OCH3 is 1. The lowest BCUT2D eigenvalue weighted by Gasteiger charge is -2.29. The molecule has 20 heavy (non-hydrogen) atoms. The van der Waals surface area contributed by atoms with Crippen LogP contribution >= 0.6 is 0 Å². The van der Waals surface area contributed by atoms with Gasteiger partial charge in [-0.1, -0.05) is 25.0 Å². The predicted octanol–water partition coefficient (Wildman–Crippen LogP) is 2.96. The highest BCUT2D eigenvalue weighted by molar-refractivity contribution is 5.96. The summed E-state index contributed by atoms with van der Waals surface area (Å²) in [6, 6.07) is 7.91. The minimum Gasteiger partial charge on any atom is -0.496 e. The average molecular weight is 272 g/mol. The molecule has 2 aromatic rings. The monoisotopic (exact) mass is 272 g/mol. The number of anilines is 1. The van der Waals surface area contributed by atoms with Crippen molar-refractivity contribution in [3.63, 3.8) is 0 Å². The lowest BCUT2D eigenvalue weighted by Crippen LogP contribution is -2.39. The number of aliphatic hydroxyl groups is 1. The molecular weight excluding hydrogens is 252 g/mol. The molecule has 2 N–H and O–H groups in total. The van der Waals surface area contributed by atoms with Crippen molar-refractivity contribution in [2.24, 2.45) is 0 Å². The molecule has 3 rings (SSSR count). The van der Waals surface area contributed by atoms with Gasteiger partial charge in [0.1, 0.15) is 11.6 Å². The molecule has 1 aromatic carbocycles. The predicted molar refractivity (Wildman–Crippen MR) is 80.2 cm³/mol. The maximum Gasteiger partial charge on any atom is 0.134 e. The summed E-state index contributed by atoms with van der Waals surface area (Å²) < 4.78 is 5.40. The molecule has 4 nitrogen and oxygen atoms in total. The molecule has 0 atom stereocenters. The molecule has 0 saturated heterocycles. The zero-order valence-corrected chi connectivity index (χ0v) is 11.7. The summed E-state index contributed by atoms with van der Waals surface area (Å²) in [4.78, 5) is 4.46. The molecule has 0 unspecified atom stereocenters. The first kappa shape index (κ1) is 13.2. The Bertz CT molecular complexity index is 606. The minimum atomic E-state index is -0.218. The Morgan fingerprint density at radius 1 is 1.25 bits per heavy atom. The molecule has 4 heteroatoms. The van der Waals surface area contributed by atoms with E-state index in [1.54, 1.807) is 13.3 Å². The van der Waals surface area contributed by atoms with Gasteiger partial charge in [0.05, 0.1) is 19.3 Å². The van der Waals surface area contributed by atoms with E-state index in [4.69, 9.17) is 4.74 Å². The van der Waals surface area contributed by atoms with Crippen molar-refractivity contribution in [2.75, 3.05) is 19.0 Å². The van der Waals surface area contributed by atoms with Crippen molar-refractivity contribution >= 4 is 16.6 Å². The van der Waals surface area contributed by atoms with Gasteiger partial charge in [0, 0.05) is 17.0 Å². The molecule has 0 bridgehead atoms. The van der Waals surface area contributed by atoms with E-state index in [1.807, 2.05) is 24.3 Å². The van der Waals surface area contributed by atoms with E-state index in [2.05, 4.69) is 10.3 Å². The number of nitrogens with zero attached hydrogens (tertiary/aromatic N) is 1. The van der Waals surface area contributed by atoms with Crippen LogP contribution in [-0.2, 0) is 0 Å². The third kappa shape index (κ3) is 2.20. The second kappa shape index (κ2) is 5.29.